The van der Waals surface area contributed by atoms with Crippen molar-refractivity contribution in [3.63, 3.8) is 0 Å². The number of fused-ring (bicyclic) bond motifs is 1. The van der Waals surface area contributed by atoms with Crippen LogP contribution < -0.4 is 10.6 Å². The summed E-state index contributed by atoms with van der Waals surface area (Å²) in [6.07, 6.45) is 1.53. The number of morpholine rings is 1. The number of benzene rings is 1. The van der Waals surface area contributed by atoms with Crippen LogP contribution >= 0.6 is 0 Å². The highest BCUT2D eigenvalue weighted by atomic mass is 16.5. The molecule has 1 aliphatic rings. The number of methoxy groups -OCH3 is 1. The van der Waals surface area contributed by atoms with Crippen molar-refractivity contribution in [3.05, 3.63) is 42.2 Å². The number of hydrogen-bond acceptors (Lipinski definition) is 8. The van der Waals surface area contributed by atoms with Gasteiger partial charge in [-0.2, -0.15) is 0 Å². The molecule has 0 unspecified atom stereocenters. The van der Waals surface area contributed by atoms with E-state index < -0.39 is 5.97 Å². The van der Waals surface area contributed by atoms with E-state index in [1.54, 1.807) is 0 Å². The largest absolute Gasteiger partial charge is 0.464 e. The van der Waals surface area contributed by atoms with Gasteiger partial charge in [-0.15, -0.1) is 0 Å². The minimum atomic E-state index is -0.629. The molecule has 3 aromatic rings. The number of nitrogens with zero attached hydrogens (tertiary/aromatic N) is 4. The van der Waals surface area contributed by atoms with E-state index in [4.69, 9.17) is 20.2 Å². The predicted octanol–water partition coefficient (Wildman–Crippen LogP) is 1.90. The summed E-state index contributed by atoms with van der Waals surface area (Å²) in [5.74, 6) is 0.236. The quantitative estimate of drug-likeness (QED) is 0.702. The molecule has 0 aliphatic carbocycles. The molecule has 1 saturated heterocycles. The summed E-state index contributed by atoms with van der Waals surface area (Å²) in [6.45, 7) is 2.87. The highest BCUT2D eigenvalue weighted by molar-refractivity contribution is 5.97. The average Bonchev–Trinajstić information content (AvgIpc) is 2.73. The van der Waals surface area contributed by atoms with Gasteiger partial charge < -0.3 is 20.1 Å². The lowest BCUT2D eigenvalue weighted by molar-refractivity contribution is 0.0595. The fraction of sp³-hybridized carbons (Fsp3) is 0.263. The fourth-order valence-electron chi connectivity index (χ4n) is 3.09. The molecule has 0 amide bonds. The van der Waals surface area contributed by atoms with Crippen molar-refractivity contribution >= 4 is 28.4 Å². The normalized spacial score (nSPS) is 14.3. The Morgan fingerprint density at radius 3 is 2.78 bits per heavy atom. The molecule has 3 heterocycles. The first-order valence-electron chi connectivity index (χ1n) is 8.61. The Labute approximate surface area is 156 Å². The molecule has 2 aromatic heterocycles. The van der Waals surface area contributed by atoms with Gasteiger partial charge in [-0.1, -0.05) is 24.3 Å². The van der Waals surface area contributed by atoms with Crippen molar-refractivity contribution in [2.24, 2.45) is 0 Å². The van der Waals surface area contributed by atoms with E-state index in [9.17, 15) is 4.79 Å². The van der Waals surface area contributed by atoms with Gasteiger partial charge in [-0.05, 0) is 11.5 Å². The first kappa shape index (κ1) is 17.2. The zero-order valence-corrected chi connectivity index (χ0v) is 14.9. The summed E-state index contributed by atoms with van der Waals surface area (Å²) in [4.78, 5) is 27.4. The van der Waals surface area contributed by atoms with Gasteiger partial charge in [0.25, 0.3) is 0 Å². The van der Waals surface area contributed by atoms with Crippen LogP contribution in [0.2, 0.25) is 0 Å². The Balaban J connectivity index is 1.88. The third-order valence-electron chi connectivity index (χ3n) is 4.48. The molecule has 8 nitrogen and oxygen atoms in total. The number of anilines is 2. The molecule has 0 saturated carbocycles. The Hall–Kier alpha value is -3.26. The van der Waals surface area contributed by atoms with Gasteiger partial charge in [0, 0.05) is 18.5 Å². The highest BCUT2D eigenvalue weighted by Crippen LogP contribution is 2.30. The molecule has 0 bridgehead atoms. The Morgan fingerprint density at radius 1 is 1.22 bits per heavy atom. The molecule has 138 valence electrons. The van der Waals surface area contributed by atoms with Crippen LogP contribution in [-0.4, -0.2) is 54.3 Å². The molecule has 1 aliphatic heterocycles. The van der Waals surface area contributed by atoms with Crippen LogP contribution in [0.5, 0.6) is 0 Å². The molecule has 1 fully saturated rings. The molecular weight excluding hydrogens is 346 g/mol. The molecule has 1 aromatic carbocycles. The molecule has 27 heavy (non-hydrogen) atoms. The smallest absolute Gasteiger partial charge is 0.360 e. The summed E-state index contributed by atoms with van der Waals surface area (Å²) in [5.41, 5.74) is 6.88. The zero-order valence-electron chi connectivity index (χ0n) is 14.9. The molecule has 4 rings (SSSR count). The van der Waals surface area contributed by atoms with Gasteiger partial charge in [0.2, 0.25) is 0 Å². The lowest BCUT2D eigenvalue weighted by Gasteiger charge is -2.28. The maximum Gasteiger partial charge on any atom is 0.360 e. The van der Waals surface area contributed by atoms with Crippen molar-refractivity contribution < 1.29 is 14.3 Å². The molecule has 0 radical (unpaired) electrons. The summed E-state index contributed by atoms with van der Waals surface area (Å²) < 4.78 is 10.2. The van der Waals surface area contributed by atoms with Gasteiger partial charge >= 0.3 is 5.97 Å². The van der Waals surface area contributed by atoms with E-state index >= 15 is 0 Å². The Kier molecular flexibility index (Phi) is 4.55. The van der Waals surface area contributed by atoms with Gasteiger partial charge in [0.15, 0.2) is 11.5 Å². The van der Waals surface area contributed by atoms with Crippen LogP contribution in [0.3, 0.4) is 0 Å². The lowest BCUT2D eigenvalue weighted by atomic mass is 10.1. The van der Waals surface area contributed by atoms with E-state index in [0.29, 0.717) is 24.6 Å². The minimum absolute atomic E-state index is 0.0161. The summed E-state index contributed by atoms with van der Waals surface area (Å²) in [7, 11) is 1.28. The van der Waals surface area contributed by atoms with Crippen molar-refractivity contribution in [3.8, 4) is 11.4 Å². The second-order valence-corrected chi connectivity index (χ2v) is 6.13. The zero-order chi connectivity index (χ0) is 18.8. The number of carbonyl (C=O) groups is 1. The second-order valence-electron chi connectivity index (χ2n) is 6.13. The third kappa shape index (κ3) is 3.26. The SMILES string of the molecule is COC(=O)c1nc(-c2nc(N3CCOCC3)cc3ccccc23)cnc1N. The van der Waals surface area contributed by atoms with E-state index in [1.807, 2.05) is 24.3 Å². The average molecular weight is 365 g/mol. The lowest BCUT2D eigenvalue weighted by Crippen LogP contribution is -2.36. The van der Waals surface area contributed by atoms with Crippen LogP contribution in [0, 0.1) is 0 Å². The molecule has 2 N–H and O–H groups in total. The van der Waals surface area contributed by atoms with Crippen LogP contribution in [-0.2, 0) is 9.47 Å². The van der Waals surface area contributed by atoms with E-state index in [-0.39, 0.29) is 11.5 Å². The summed E-state index contributed by atoms with van der Waals surface area (Å²) >= 11 is 0. The minimum Gasteiger partial charge on any atom is -0.464 e. The van der Waals surface area contributed by atoms with Crippen molar-refractivity contribution in [1.82, 2.24) is 15.0 Å². The molecule has 0 atom stereocenters. The number of hydrogen-bond donors (Lipinski definition) is 1. The Bertz CT molecular complexity index is 1000. The summed E-state index contributed by atoms with van der Waals surface area (Å²) in [5, 5.41) is 1.95. The number of nitrogens with two attached hydrogens (primary N) is 1. The van der Waals surface area contributed by atoms with Crippen LogP contribution in [0.15, 0.2) is 36.5 Å². The fourth-order valence-corrected chi connectivity index (χ4v) is 3.09. The van der Waals surface area contributed by atoms with Gasteiger partial charge in [-0.25, -0.2) is 19.7 Å². The number of carbonyl (C=O) groups excluding carboxylic acids is 1. The van der Waals surface area contributed by atoms with Crippen molar-refractivity contribution in [2.75, 3.05) is 44.0 Å². The first-order chi connectivity index (χ1) is 13.2. The summed E-state index contributed by atoms with van der Waals surface area (Å²) in [6, 6.07) is 9.96. The van der Waals surface area contributed by atoms with E-state index in [2.05, 4.69) is 20.9 Å². The number of ether oxygens (including phenoxy) is 2. The van der Waals surface area contributed by atoms with Crippen LogP contribution in [0.1, 0.15) is 10.5 Å². The topological polar surface area (TPSA) is 103 Å². The monoisotopic (exact) mass is 365 g/mol. The van der Waals surface area contributed by atoms with Crippen LogP contribution in [0.25, 0.3) is 22.2 Å². The maximum absolute atomic E-state index is 11.9. The third-order valence-corrected chi connectivity index (χ3v) is 4.48. The standard InChI is InChI=1S/C19H19N5O3/c1-26-19(25)17-18(20)21-11-14(22-17)16-13-5-3-2-4-12(13)10-15(23-16)24-6-8-27-9-7-24/h2-5,10-11H,6-9H2,1H3,(H2,20,21). The first-order valence-corrected chi connectivity index (χ1v) is 8.61. The van der Waals surface area contributed by atoms with E-state index in [0.717, 1.165) is 29.7 Å². The molecule has 8 heteroatoms. The number of nitrogen functional groups attached to an aromatic ring is 1. The van der Waals surface area contributed by atoms with Crippen molar-refractivity contribution in [1.29, 1.82) is 0 Å². The van der Waals surface area contributed by atoms with Crippen molar-refractivity contribution in [2.45, 2.75) is 0 Å². The number of rotatable bonds is 3. The molecule has 0 spiro atoms. The predicted molar refractivity (Wildman–Crippen MR) is 102 cm³/mol. The second kappa shape index (κ2) is 7.16. The van der Waals surface area contributed by atoms with E-state index in [1.165, 1.54) is 13.3 Å². The van der Waals surface area contributed by atoms with Gasteiger partial charge in [0.1, 0.15) is 17.2 Å². The number of aromatic nitrogens is 3. The molecular formula is C19H19N5O3. The maximum atomic E-state index is 11.9. The van der Waals surface area contributed by atoms with Gasteiger partial charge in [0.05, 0.1) is 26.5 Å². The number of pyridine rings is 1. The highest BCUT2D eigenvalue weighted by Gasteiger charge is 2.19. The Morgan fingerprint density at radius 2 is 2.00 bits per heavy atom. The van der Waals surface area contributed by atoms with Gasteiger partial charge in [-0.3, -0.25) is 0 Å². The number of esters is 1. The van der Waals surface area contributed by atoms with Crippen LogP contribution in [0.4, 0.5) is 11.6 Å².